The van der Waals surface area contributed by atoms with Crippen molar-refractivity contribution < 1.29 is 28.2 Å². The Morgan fingerprint density at radius 3 is 2.45 bits per heavy atom. The highest BCUT2D eigenvalue weighted by molar-refractivity contribution is 5.90. The minimum absolute atomic E-state index is 0.0117. The van der Waals surface area contributed by atoms with Crippen LogP contribution in [0.1, 0.15) is 34.7 Å². The van der Waals surface area contributed by atoms with Crippen LogP contribution in [0.25, 0.3) is 11.0 Å². The van der Waals surface area contributed by atoms with E-state index in [1.54, 1.807) is 31.6 Å². The summed E-state index contributed by atoms with van der Waals surface area (Å²) in [4.78, 5) is 24.8. The number of esters is 1. The molecule has 1 heterocycles. The fourth-order valence-corrected chi connectivity index (χ4v) is 3.52. The van der Waals surface area contributed by atoms with Gasteiger partial charge in [-0.05, 0) is 42.7 Å². The zero-order chi connectivity index (χ0) is 22.5. The van der Waals surface area contributed by atoms with Gasteiger partial charge in [-0.3, -0.25) is 9.59 Å². The first-order valence-electron chi connectivity index (χ1n) is 9.92. The summed E-state index contributed by atoms with van der Waals surface area (Å²) in [5.41, 5.74) is 4.47. The lowest BCUT2D eigenvalue weighted by molar-refractivity contribution is -0.141. The van der Waals surface area contributed by atoms with Crippen LogP contribution in [-0.2, 0) is 20.7 Å². The number of ether oxygens (including phenoxy) is 3. The number of benzene rings is 2. The molecular formula is C24H27NO6. The lowest BCUT2D eigenvalue weighted by Gasteiger charge is -2.19. The number of hydrogen-bond donors (Lipinski definition) is 1. The summed E-state index contributed by atoms with van der Waals surface area (Å²) in [5, 5.41) is 3.85. The Kier molecular flexibility index (Phi) is 6.84. The van der Waals surface area contributed by atoms with E-state index in [4.69, 9.17) is 18.6 Å². The number of nitrogens with one attached hydrogen (secondary N) is 1. The van der Waals surface area contributed by atoms with Gasteiger partial charge in [-0.15, -0.1) is 0 Å². The van der Waals surface area contributed by atoms with E-state index >= 15 is 0 Å². The van der Waals surface area contributed by atoms with Gasteiger partial charge in [0.25, 0.3) is 0 Å². The van der Waals surface area contributed by atoms with Gasteiger partial charge in [0.05, 0.1) is 46.5 Å². The Morgan fingerprint density at radius 2 is 1.77 bits per heavy atom. The van der Waals surface area contributed by atoms with Crippen LogP contribution >= 0.6 is 0 Å². The molecule has 2 aromatic carbocycles. The van der Waals surface area contributed by atoms with Gasteiger partial charge in [-0.1, -0.05) is 18.2 Å². The van der Waals surface area contributed by atoms with Crippen molar-refractivity contribution in [2.75, 3.05) is 21.3 Å². The summed E-state index contributed by atoms with van der Waals surface area (Å²) in [7, 11) is 4.39. The maximum Gasteiger partial charge on any atom is 0.307 e. The second-order valence-electron chi connectivity index (χ2n) is 7.34. The maximum absolute atomic E-state index is 12.9. The van der Waals surface area contributed by atoms with Crippen molar-refractivity contribution in [1.82, 2.24) is 5.32 Å². The van der Waals surface area contributed by atoms with Gasteiger partial charge in [0, 0.05) is 10.9 Å². The van der Waals surface area contributed by atoms with Gasteiger partial charge >= 0.3 is 5.97 Å². The van der Waals surface area contributed by atoms with E-state index < -0.39 is 12.0 Å². The molecule has 7 nitrogen and oxygen atoms in total. The van der Waals surface area contributed by atoms with Crippen molar-refractivity contribution in [2.45, 2.75) is 32.7 Å². The summed E-state index contributed by atoms with van der Waals surface area (Å²) in [6, 6.07) is 8.66. The third kappa shape index (κ3) is 4.82. The molecule has 1 aromatic heterocycles. The first-order valence-corrected chi connectivity index (χ1v) is 9.92. The molecule has 1 amide bonds. The Labute approximate surface area is 181 Å². The summed E-state index contributed by atoms with van der Waals surface area (Å²) in [5.74, 6) is 0.408. The third-order valence-electron chi connectivity index (χ3n) is 5.44. The molecule has 7 heteroatoms. The van der Waals surface area contributed by atoms with Gasteiger partial charge in [-0.2, -0.15) is 0 Å². The number of furan rings is 1. The Bertz CT molecular complexity index is 1100. The average molecular weight is 425 g/mol. The molecule has 3 aromatic rings. The monoisotopic (exact) mass is 425 g/mol. The molecule has 1 N–H and O–H groups in total. The number of fused-ring (bicyclic) bond motifs is 1. The van der Waals surface area contributed by atoms with Gasteiger partial charge in [0.2, 0.25) is 5.91 Å². The molecule has 3 rings (SSSR count). The van der Waals surface area contributed by atoms with Crippen LogP contribution in [0.2, 0.25) is 0 Å². The van der Waals surface area contributed by atoms with Crippen molar-refractivity contribution in [2.24, 2.45) is 0 Å². The molecular weight excluding hydrogens is 398 g/mol. The average Bonchev–Trinajstić information content (AvgIpc) is 3.18. The van der Waals surface area contributed by atoms with Crippen LogP contribution in [0.15, 0.2) is 41.0 Å². The normalized spacial score (nSPS) is 11.8. The Morgan fingerprint density at radius 1 is 1.03 bits per heavy atom. The summed E-state index contributed by atoms with van der Waals surface area (Å²) >= 11 is 0. The van der Waals surface area contributed by atoms with Crippen LogP contribution in [0.3, 0.4) is 0 Å². The Hall–Kier alpha value is -3.48. The van der Waals surface area contributed by atoms with E-state index in [1.807, 2.05) is 26.0 Å². The molecule has 0 aliphatic carbocycles. The summed E-state index contributed by atoms with van der Waals surface area (Å²) in [6.07, 6.45) is 1.73. The second-order valence-corrected chi connectivity index (χ2v) is 7.34. The molecule has 0 spiro atoms. The van der Waals surface area contributed by atoms with E-state index in [1.165, 1.54) is 14.2 Å². The van der Waals surface area contributed by atoms with E-state index in [2.05, 4.69) is 5.32 Å². The SMILES string of the molecule is COC(=O)CC(NC(=O)Cc1coc2c(C)c(C)ccc12)c1ccc(OC)c(OC)c1. The van der Waals surface area contributed by atoms with Crippen LogP contribution < -0.4 is 14.8 Å². The molecule has 0 saturated heterocycles. The van der Waals surface area contributed by atoms with Crippen LogP contribution in [0.4, 0.5) is 0 Å². The molecule has 0 bridgehead atoms. The second kappa shape index (κ2) is 9.55. The van der Waals surface area contributed by atoms with E-state index in [0.717, 1.165) is 27.7 Å². The van der Waals surface area contributed by atoms with E-state index in [0.29, 0.717) is 17.1 Å². The third-order valence-corrected chi connectivity index (χ3v) is 5.44. The summed E-state index contributed by atoms with van der Waals surface area (Å²) in [6.45, 7) is 4.01. The zero-order valence-electron chi connectivity index (χ0n) is 18.4. The van der Waals surface area contributed by atoms with E-state index in [9.17, 15) is 9.59 Å². The number of amides is 1. The van der Waals surface area contributed by atoms with Crippen LogP contribution in [0.5, 0.6) is 11.5 Å². The van der Waals surface area contributed by atoms with Gasteiger partial charge in [0.1, 0.15) is 5.58 Å². The fourth-order valence-electron chi connectivity index (χ4n) is 3.52. The first-order chi connectivity index (χ1) is 14.9. The van der Waals surface area contributed by atoms with Crippen molar-refractivity contribution in [3.05, 3.63) is 58.8 Å². The summed E-state index contributed by atoms with van der Waals surface area (Å²) < 4.78 is 21.1. The molecule has 0 aliphatic rings. The topological polar surface area (TPSA) is 87.0 Å². The van der Waals surface area contributed by atoms with Crippen molar-refractivity contribution >= 4 is 22.8 Å². The lowest BCUT2D eigenvalue weighted by atomic mass is 10.0. The number of carbonyl (C=O) groups excluding carboxylic acids is 2. The molecule has 1 atom stereocenters. The van der Waals surface area contributed by atoms with Gasteiger partial charge in [-0.25, -0.2) is 0 Å². The predicted octanol–water partition coefficient (Wildman–Crippen LogP) is 4.03. The minimum atomic E-state index is -0.582. The van der Waals surface area contributed by atoms with Crippen molar-refractivity contribution in [3.8, 4) is 11.5 Å². The maximum atomic E-state index is 12.9. The van der Waals surface area contributed by atoms with Crippen molar-refractivity contribution in [1.29, 1.82) is 0 Å². The number of hydrogen-bond acceptors (Lipinski definition) is 6. The van der Waals surface area contributed by atoms with Gasteiger partial charge < -0.3 is 23.9 Å². The van der Waals surface area contributed by atoms with E-state index in [-0.39, 0.29) is 18.7 Å². The lowest BCUT2D eigenvalue weighted by Crippen LogP contribution is -2.31. The quantitative estimate of drug-likeness (QED) is 0.549. The molecule has 0 aliphatic heterocycles. The first kappa shape index (κ1) is 22.2. The highest BCUT2D eigenvalue weighted by Gasteiger charge is 2.22. The minimum Gasteiger partial charge on any atom is -0.493 e. The van der Waals surface area contributed by atoms with Crippen molar-refractivity contribution in [3.63, 3.8) is 0 Å². The molecule has 164 valence electrons. The smallest absolute Gasteiger partial charge is 0.307 e. The number of rotatable bonds is 8. The molecule has 0 radical (unpaired) electrons. The number of aryl methyl sites for hydroxylation is 2. The predicted molar refractivity (Wildman–Crippen MR) is 116 cm³/mol. The number of methoxy groups -OCH3 is 3. The van der Waals surface area contributed by atoms with Crippen LogP contribution in [0, 0.1) is 13.8 Å². The highest BCUT2D eigenvalue weighted by Crippen LogP contribution is 2.31. The molecule has 0 saturated carbocycles. The molecule has 1 unspecified atom stereocenters. The highest BCUT2D eigenvalue weighted by atomic mass is 16.5. The van der Waals surface area contributed by atoms with Gasteiger partial charge in [0.15, 0.2) is 11.5 Å². The zero-order valence-corrected chi connectivity index (χ0v) is 18.4. The van der Waals surface area contributed by atoms with Crippen LogP contribution in [-0.4, -0.2) is 33.2 Å². The fraction of sp³-hybridized carbons (Fsp3) is 0.333. The Balaban J connectivity index is 1.84. The standard InChI is InChI=1S/C24H27NO6/c1-14-6-8-18-17(13-31-24(18)15(14)2)11-22(26)25-19(12-23(27)30-5)16-7-9-20(28-3)21(10-16)29-4/h6-10,13,19H,11-12H2,1-5H3,(H,25,26). The number of carbonyl (C=O) groups is 2. The molecule has 0 fully saturated rings. The largest absolute Gasteiger partial charge is 0.493 e. The molecule has 31 heavy (non-hydrogen) atoms.